The van der Waals surface area contributed by atoms with Crippen LogP contribution < -0.4 is 37.2 Å². The zero-order valence-electron chi connectivity index (χ0n) is 9.40. The predicted octanol–water partition coefficient (Wildman–Crippen LogP) is -6.46. The van der Waals surface area contributed by atoms with Crippen LogP contribution in [0.1, 0.15) is 41.5 Å². The second-order valence-electron chi connectivity index (χ2n) is 4.48. The summed E-state index contributed by atoms with van der Waals surface area (Å²) >= 11 is -0.418. The van der Waals surface area contributed by atoms with Crippen LogP contribution in [0.15, 0.2) is 0 Å². The van der Waals surface area contributed by atoms with E-state index in [0.717, 1.165) is 0 Å². The van der Waals surface area contributed by atoms with Gasteiger partial charge < -0.3 is 37.2 Å². The van der Waals surface area contributed by atoms with Gasteiger partial charge >= 0.3 is 77.1 Å². The molecule has 88 valence electrons. The predicted molar refractivity (Wildman–Crippen MR) is 41.7 cm³/mol. The molecule has 0 N–H and O–H groups in total. The fraction of sp³-hybridized carbons (Fsp3) is 1.00. The number of hydrogen-bond acceptors (Lipinski definition) is 2. The first kappa shape index (κ1) is 24.6. The Morgan fingerprint density at radius 3 is 1.00 bits per heavy atom. The van der Waals surface area contributed by atoms with Gasteiger partial charge in [-0.1, -0.05) is 0 Å². The number of hydrogen-bond donors (Lipinski definition) is 0. The van der Waals surface area contributed by atoms with E-state index in [9.17, 15) is 0 Å². The van der Waals surface area contributed by atoms with Crippen molar-refractivity contribution in [3.63, 3.8) is 0 Å². The number of halogens is 3. The van der Waals surface area contributed by atoms with Gasteiger partial charge in [-0.25, -0.2) is 0 Å². The Balaban J connectivity index is -0.000000167. The SMILES string of the molecule is CC(C)(C)[O][V+3][O]C(C)(C)C.[Cl-].[Cl-].[Cl-]. The van der Waals surface area contributed by atoms with Gasteiger partial charge in [-0.3, -0.25) is 0 Å². The van der Waals surface area contributed by atoms with E-state index in [1.54, 1.807) is 0 Å². The van der Waals surface area contributed by atoms with Gasteiger partial charge in [-0.2, -0.15) is 0 Å². The van der Waals surface area contributed by atoms with Crippen molar-refractivity contribution in [2.24, 2.45) is 0 Å². The zero-order valence-corrected chi connectivity index (χ0v) is 13.1. The van der Waals surface area contributed by atoms with Crippen LogP contribution in [0.3, 0.4) is 0 Å². The standard InChI is InChI=1S/2C4H9O.3ClH.V/c2*1-4(2,3)5;;;;/h2*1-3H3;3*1H;/q2*-1;;;;+5/p-3. The van der Waals surface area contributed by atoms with Crippen LogP contribution >= 0.6 is 0 Å². The van der Waals surface area contributed by atoms with Crippen molar-refractivity contribution in [1.82, 2.24) is 0 Å². The molecule has 0 fully saturated rings. The summed E-state index contributed by atoms with van der Waals surface area (Å²) in [5, 5.41) is 0. The molecular formula is C8H18Cl3O2V. The summed E-state index contributed by atoms with van der Waals surface area (Å²) in [6, 6.07) is 0. The molecule has 0 rings (SSSR count). The zero-order chi connectivity index (χ0) is 9.12. The maximum absolute atomic E-state index is 5.48. The van der Waals surface area contributed by atoms with Crippen LogP contribution in [-0.2, 0) is 24.3 Å². The second-order valence-corrected chi connectivity index (χ2v) is 5.28. The maximum atomic E-state index is 5.48. The topological polar surface area (TPSA) is 18.5 Å². The van der Waals surface area contributed by atoms with Crippen molar-refractivity contribution < 1.29 is 61.5 Å². The van der Waals surface area contributed by atoms with E-state index in [1.165, 1.54) is 0 Å². The van der Waals surface area contributed by atoms with Gasteiger partial charge in [0.15, 0.2) is 0 Å². The van der Waals surface area contributed by atoms with Gasteiger partial charge in [0, 0.05) is 0 Å². The first-order valence-corrected chi connectivity index (χ1v) is 4.91. The Hall–Kier alpha value is 1.37. The van der Waals surface area contributed by atoms with E-state index in [0.29, 0.717) is 0 Å². The monoisotopic (exact) mass is 302 g/mol. The van der Waals surface area contributed by atoms with Gasteiger partial charge in [-0.05, 0) is 0 Å². The van der Waals surface area contributed by atoms with E-state index in [1.807, 2.05) is 41.5 Å². The summed E-state index contributed by atoms with van der Waals surface area (Å²) in [7, 11) is 0. The van der Waals surface area contributed by atoms with Crippen molar-refractivity contribution >= 4 is 0 Å². The van der Waals surface area contributed by atoms with Crippen LogP contribution in [0.2, 0.25) is 0 Å². The molecule has 0 bridgehead atoms. The van der Waals surface area contributed by atoms with Crippen LogP contribution in [-0.4, -0.2) is 11.2 Å². The number of rotatable bonds is 2. The van der Waals surface area contributed by atoms with E-state index in [2.05, 4.69) is 0 Å². The molecule has 0 atom stereocenters. The summed E-state index contributed by atoms with van der Waals surface area (Å²) in [6.45, 7) is 12.2. The minimum absolute atomic E-state index is 0. The van der Waals surface area contributed by atoms with Gasteiger partial charge in [0.05, 0.1) is 0 Å². The minimum atomic E-state index is -0.418. The molecule has 0 aliphatic carbocycles. The molecule has 0 spiro atoms. The average Bonchev–Trinajstić information content (AvgIpc) is 1.55. The normalized spacial score (nSPS) is 10.1. The second kappa shape index (κ2) is 9.59. The van der Waals surface area contributed by atoms with E-state index in [-0.39, 0.29) is 48.4 Å². The Morgan fingerprint density at radius 2 is 0.857 bits per heavy atom. The molecule has 0 aliphatic heterocycles. The van der Waals surface area contributed by atoms with Crippen molar-refractivity contribution in [2.45, 2.75) is 52.7 Å². The van der Waals surface area contributed by atoms with Gasteiger partial charge in [0.2, 0.25) is 0 Å². The van der Waals surface area contributed by atoms with E-state index < -0.39 is 17.0 Å². The molecule has 14 heavy (non-hydrogen) atoms. The molecule has 0 aromatic rings. The summed E-state index contributed by atoms with van der Waals surface area (Å²) in [5.41, 5.74) is -0.128. The maximum Gasteiger partial charge on any atom is -1.00 e. The average molecular weight is 304 g/mol. The molecule has 6 heteroatoms. The smallest absolute Gasteiger partial charge is 1.00 e. The summed E-state index contributed by atoms with van der Waals surface area (Å²) in [5.74, 6) is 0. The third kappa shape index (κ3) is 23.3. The van der Waals surface area contributed by atoms with Crippen molar-refractivity contribution in [3.8, 4) is 0 Å². The van der Waals surface area contributed by atoms with Gasteiger partial charge in [0.1, 0.15) is 0 Å². The van der Waals surface area contributed by atoms with Gasteiger partial charge in [0.25, 0.3) is 0 Å². The molecule has 0 unspecified atom stereocenters. The van der Waals surface area contributed by atoms with Crippen LogP contribution in [0.5, 0.6) is 0 Å². The third-order valence-electron chi connectivity index (χ3n) is 0.622. The Kier molecular flexibility index (Phi) is 16.8. The molecule has 0 radical (unpaired) electrons. The first-order valence-electron chi connectivity index (χ1n) is 3.77. The first-order chi connectivity index (χ1) is 4.71. The summed E-state index contributed by atoms with van der Waals surface area (Å²) in [4.78, 5) is 0. The third-order valence-corrected chi connectivity index (χ3v) is 2.57. The molecule has 0 amide bonds. The summed E-state index contributed by atoms with van der Waals surface area (Å²) < 4.78 is 11.0. The Morgan fingerprint density at radius 1 is 0.643 bits per heavy atom. The fourth-order valence-corrected chi connectivity index (χ4v) is 0.999. The Labute approximate surface area is 114 Å². The largest absolute Gasteiger partial charge is 1.00 e. The molecule has 0 saturated carbocycles. The van der Waals surface area contributed by atoms with Crippen LogP contribution in [0, 0.1) is 0 Å². The fourth-order valence-electron chi connectivity index (χ4n) is 0.242. The Bertz CT molecular complexity index is 107. The molecule has 0 aliphatic rings. The molecule has 0 saturated heterocycles. The summed E-state index contributed by atoms with van der Waals surface area (Å²) in [6.07, 6.45) is 0. The molecule has 0 aromatic carbocycles. The molecular weight excluding hydrogens is 285 g/mol. The van der Waals surface area contributed by atoms with Crippen molar-refractivity contribution in [1.29, 1.82) is 0 Å². The van der Waals surface area contributed by atoms with Gasteiger partial charge in [-0.15, -0.1) is 0 Å². The molecule has 0 heterocycles. The van der Waals surface area contributed by atoms with Crippen molar-refractivity contribution in [2.75, 3.05) is 0 Å². The van der Waals surface area contributed by atoms with Crippen molar-refractivity contribution in [3.05, 3.63) is 0 Å². The van der Waals surface area contributed by atoms with Crippen LogP contribution in [0.4, 0.5) is 0 Å². The minimum Gasteiger partial charge on any atom is -1.00 e. The van der Waals surface area contributed by atoms with Crippen LogP contribution in [0.25, 0.3) is 0 Å². The quantitative estimate of drug-likeness (QED) is 0.505. The molecule has 0 aromatic heterocycles. The van der Waals surface area contributed by atoms with E-state index >= 15 is 0 Å². The molecule has 2 nitrogen and oxygen atoms in total. The van der Waals surface area contributed by atoms with E-state index in [4.69, 9.17) is 7.32 Å².